The third kappa shape index (κ3) is 2.68. The Balaban J connectivity index is 2.25. The molecule has 1 saturated heterocycles. The lowest BCUT2D eigenvalue weighted by Gasteiger charge is -2.32. The maximum atomic E-state index is 6.04. The Hall–Kier alpha value is -0.905. The first-order valence-electron chi connectivity index (χ1n) is 6.58. The van der Waals surface area contributed by atoms with Crippen molar-refractivity contribution in [2.75, 3.05) is 7.11 Å². The summed E-state index contributed by atoms with van der Waals surface area (Å²) in [5, 5.41) is 0. The van der Waals surface area contributed by atoms with Gasteiger partial charge >= 0.3 is 7.12 Å². The number of methoxy groups -OCH3 is 1. The van der Waals surface area contributed by atoms with E-state index in [0.717, 1.165) is 16.9 Å². The molecule has 2 rings (SSSR count). The molecule has 1 fully saturated rings. The Morgan fingerprint density at radius 3 is 2.21 bits per heavy atom. The van der Waals surface area contributed by atoms with E-state index in [2.05, 4.69) is 32.7 Å². The quantitative estimate of drug-likeness (QED) is 0.780. The third-order valence-corrected chi connectivity index (χ3v) is 3.98. The lowest BCUT2D eigenvalue weighted by molar-refractivity contribution is 0.00578. The summed E-state index contributed by atoms with van der Waals surface area (Å²) >= 11 is 0. The molecule has 0 bridgehead atoms. The number of pyridine rings is 1. The minimum atomic E-state index is -0.353. The van der Waals surface area contributed by atoms with E-state index in [0.29, 0.717) is 6.61 Å². The van der Waals surface area contributed by atoms with Crippen molar-refractivity contribution >= 4 is 12.6 Å². The van der Waals surface area contributed by atoms with Crippen LogP contribution in [0.2, 0.25) is 0 Å². The second-order valence-electron chi connectivity index (χ2n) is 6.00. The van der Waals surface area contributed by atoms with E-state index in [4.69, 9.17) is 14.0 Å². The third-order valence-electron chi connectivity index (χ3n) is 3.98. The van der Waals surface area contributed by atoms with Gasteiger partial charge < -0.3 is 14.0 Å². The van der Waals surface area contributed by atoms with Crippen LogP contribution in [0.5, 0.6) is 0 Å². The summed E-state index contributed by atoms with van der Waals surface area (Å²) in [5.74, 6) is 0. The summed E-state index contributed by atoms with van der Waals surface area (Å²) in [4.78, 5) is 4.52. The standard InChI is InChI=1S/C14H22BNO3/c1-10-12(8-7-11(16-10)9-17-6)15-18-13(2,3)14(4,5)19-15/h7-8H,9H2,1-6H3. The highest BCUT2D eigenvalue weighted by atomic mass is 16.7. The van der Waals surface area contributed by atoms with Crippen molar-refractivity contribution in [1.29, 1.82) is 0 Å². The smallest absolute Gasteiger partial charge is 0.399 e. The van der Waals surface area contributed by atoms with Crippen LogP contribution in [0.1, 0.15) is 39.1 Å². The molecule has 4 nitrogen and oxygen atoms in total. The van der Waals surface area contributed by atoms with Crippen LogP contribution in [-0.2, 0) is 20.7 Å². The van der Waals surface area contributed by atoms with E-state index >= 15 is 0 Å². The molecule has 0 atom stereocenters. The molecule has 0 saturated carbocycles. The Morgan fingerprint density at radius 2 is 1.74 bits per heavy atom. The van der Waals surface area contributed by atoms with Crippen molar-refractivity contribution in [3.8, 4) is 0 Å². The first-order valence-corrected chi connectivity index (χ1v) is 6.58. The van der Waals surface area contributed by atoms with Crippen molar-refractivity contribution in [2.24, 2.45) is 0 Å². The zero-order chi connectivity index (χ0) is 14.3. The van der Waals surface area contributed by atoms with E-state index in [-0.39, 0.29) is 18.3 Å². The molecule has 1 aliphatic heterocycles. The molecule has 104 valence electrons. The Labute approximate surface area is 115 Å². The van der Waals surface area contributed by atoms with Crippen molar-refractivity contribution in [1.82, 2.24) is 4.98 Å². The molecule has 0 amide bonds. The van der Waals surface area contributed by atoms with E-state index in [9.17, 15) is 0 Å². The predicted molar refractivity (Wildman–Crippen MR) is 75.4 cm³/mol. The monoisotopic (exact) mass is 263 g/mol. The van der Waals surface area contributed by atoms with Gasteiger partial charge in [-0.1, -0.05) is 6.07 Å². The van der Waals surface area contributed by atoms with Crippen LogP contribution in [-0.4, -0.2) is 30.4 Å². The molecule has 0 N–H and O–H groups in total. The number of hydrogen-bond donors (Lipinski definition) is 0. The minimum absolute atomic E-state index is 0.324. The summed E-state index contributed by atoms with van der Waals surface area (Å²) in [6.07, 6.45) is 0. The van der Waals surface area contributed by atoms with Crippen molar-refractivity contribution in [2.45, 2.75) is 52.4 Å². The number of aromatic nitrogens is 1. The van der Waals surface area contributed by atoms with Crippen LogP contribution >= 0.6 is 0 Å². The number of nitrogens with zero attached hydrogens (tertiary/aromatic N) is 1. The van der Waals surface area contributed by atoms with E-state index in [1.165, 1.54) is 0 Å². The van der Waals surface area contributed by atoms with Crippen LogP contribution in [0.15, 0.2) is 12.1 Å². The number of ether oxygens (including phenoxy) is 1. The van der Waals surface area contributed by atoms with Gasteiger partial charge in [0.05, 0.1) is 23.5 Å². The highest BCUT2D eigenvalue weighted by Crippen LogP contribution is 2.36. The van der Waals surface area contributed by atoms with Crippen LogP contribution in [0, 0.1) is 6.92 Å². The molecule has 0 unspecified atom stereocenters. The lowest BCUT2D eigenvalue weighted by atomic mass is 9.78. The summed E-state index contributed by atoms with van der Waals surface area (Å²) in [5.41, 5.74) is 2.18. The van der Waals surface area contributed by atoms with Crippen LogP contribution in [0.3, 0.4) is 0 Å². The number of hydrogen-bond acceptors (Lipinski definition) is 4. The van der Waals surface area contributed by atoms with Crippen molar-refractivity contribution in [3.05, 3.63) is 23.5 Å². The van der Waals surface area contributed by atoms with Gasteiger partial charge in [-0.05, 0) is 40.7 Å². The molecule has 1 aromatic heterocycles. The molecule has 0 radical (unpaired) electrons. The van der Waals surface area contributed by atoms with E-state index in [1.54, 1.807) is 7.11 Å². The van der Waals surface area contributed by atoms with Gasteiger partial charge in [-0.2, -0.15) is 0 Å². The Morgan fingerprint density at radius 1 is 1.16 bits per heavy atom. The largest absolute Gasteiger partial charge is 0.496 e. The zero-order valence-corrected chi connectivity index (χ0v) is 12.6. The van der Waals surface area contributed by atoms with Crippen LogP contribution in [0.4, 0.5) is 0 Å². The second kappa shape index (κ2) is 4.89. The average molecular weight is 263 g/mol. The van der Waals surface area contributed by atoms with Gasteiger partial charge in [0.15, 0.2) is 0 Å². The van der Waals surface area contributed by atoms with E-state index < -0.39 is 0 Å². The molecule has 0 aromatic carbocycles. The average Bonchev–Trinajstić information content (AvgIpc) is 2.48. The summed E-state index contributed by atoms with van der Waals surface area (Å²) in [7, 11) is 1.31. The van der Waals surface area contributed by atoms with Gasteiger partial charge in [0.25, 0.3) is 0 Å². The van der Waals surface area contributed by atoms with Gasteiger partial charge in [-0.25, -0.2) is 0 Å². The fourth-order valence-corrected chi connectivity index (χ4v) is 2.07. The SMILES string of the molecule is COCc1ccc(B2OC(C)(C)C(C)(C)O2)c(C)n1. The summed E-state index contributed by atoms with van der Waals surface area (Å²) in [6.45, 7) is 10.7. The predicted octanol–water partition coefficient (Wildman–Crippen LogP) is 1.84. The van der Waals surface area contributed by atoms with Crippen LogP contribution in [0.25, 0.3) is 0 Å². The molecule has 0 spiro atoms. The molecule has 1 aliphatic rings. The van der Waals surface area contributed by atoms with Gasteiger partial charge in [0, 0.05) is 18.3 Å². The molecule has 19 heavy (non-hydrogen) atoms. The number of rotatable bonds is 3. The first kappa shape index (κ1) is 14.5. The first-order chi connectivity index (χ1) is 8.77. The maximum Gasteiger partial charge on any atom is 0.496 e. The molecule has 5 heteroatoms. The zero-order valence-electron chi connectivity index (χ0n) is 12.6. The van der Waals surface area contributed by atoms with Gasteiger partial charge in [-0.15, -0.1) is 0 Å². The fraction of sp³-hybridized carbons (Fsp3) is 0.643. The normalized spacial score (nSPS) is 20.8. The molecular weight excluding hydrogens is 241 g/mol. The van der Waals surface area contributed by atoms with Crippen molar-refractivity contribution < 1.29 is 14.0 Å². The summed E-state index contributed by atoms with van der Waals surface area (Å²) < 4.78 is 17.2. The fourth-order valence-electron chi connectivity index (χ4n) is 2.07. The van der Waals surface area contributed by atoms with Gasteiger partial charge in [0.2, 0.25) is 0 Å². The molecule has 1 aromatic rings. The highest BCUT2D eigenvalue weighted by molar-refractivity contribution is 6.62. The summed E-state index contributed by atoms with van der Waals surface area (Å²) in [6, 6.07) is 3.97. The van der Waals surface area contributed by atoms with Crippen molar-refractivity contribution in [3.63, 3.8) is 0 Å². The Kier molecular flexibility index (Phi) is 3.73. The maximum absolute atomic E-state index is 6.04. The number of aryl methyl sites for hydroxylation is 1. The van der Waals surface area contributed by atoms with Crippen LogP contribution < -0.4 is 5.46 Å². The highest BCUT2D eigenvalue weighted by Gasteiger charge is 2.52. The topological polar surface area (TPSA) is 40.6 Å². The Bertz CT molecular complexity index is 458. The molecule has 2 heterocycles. The van der Waals surface area contributed by atoms with Gasteiger partial charge in [-0.3, -0.25) is 4.98 Å². The minimum Gasteiger partial charge on any atom is -0.399 e. The van der Waals surface area contributed by atoms with Gasteiger partial charge in [0.1, 0.15) is 0 Å². The molecular formula is C14H22BNO3. The lowest BCUT2D eigenvalue weighted by Crippen LogP contribution is -2.41. The second-order valence-corrected chi connectivity index (χ2v) is 6.00. The molecule has 0 aliphatic carbocycles. The van der Waals surface area contributed by atoms with E-state index in [1.807, 2.05) is 19.1 Å².